The highest BCUT2D eigenvalue weighted by molar-refractivity contribution is 7.99. The molecule has 1 N–H and O–H groups in total. The van der Waals surface area contributed by atoms with Gasteiger partial charge >= 0.3 is 6.18 Å². The maximum atomic E-state index is 12.1. The lowest BCUT2D eigenvalue weighted by atomic mass is 10.1. The van der Waals surface area contributed by atoms with E-state index in [2.05, 4.69) is 11.9 Å². The Bertz CT molecular complexity index is 418. The number of nitrogens with one attached hydrogen (secondary N) is 1. The van der Waals surface area contributed by atoms with Gasteiger partial charge in [0, 0.05) is 28.8 Å². The lowest BCUT2D eigenvalue weighted by molar-refractivity contribution is -0.135. The summed E-state index contributed by atoms with van der Waals surface area (Å²) in [5.74, 6) is 0.807. The minimum Gasteiger partial charge on any atom is -0.382 e. The molecule has 0 aliphatic carbocycles. The Kier molecular flexibility index (Phi) is 6.99. The van der Waals surface area contributed by atoms with Crippen molar-refractivity contribution < 1.29 is 13.2 Å². The SMILES string of the molecule is C=CCSc1ccccc1NC(C)CCCC(F)(F)F. The molecule has 1 atom stereocenters. The van der Waals surface area contributed by atoms with Gasteiger partial charge in [-0.25, -0.2) is 0 Å². The summed E-state index contributed by atoms with van der Waals surface area (Å²) in [4.78, 5) is 1.09. The van der Waals surface area contributed by atoms with E-state index in [1.54, 1.807) is 11.8 Å². The van der Waals surface area contributed by atoms with Crippen LogP contribution >= 0.6 is 11.8 Å². The van der Waals surface area contributed by atoms with E-state index in [1.165, 1.54) is 0 Å². The summed E-state index contributed by atoms with van der Waals surface area (Å²) in [5, 5.41) is 3.28. The summed E-state index contributed by atoms with van der Waals surface area (Å²) >= 11 is 1.66. The second kappa shape index (κ2) is 8.25. The van der Waals surface area contributed by atoms with Crippen molar-refractivity contribution in [3.8, 4) is 0 Å². The first-order valence-electron chi connectivity index (χ1n) is 6.58. The van der Waals surface area contributed by atoms with Gasteiger partial charge in [-0.1, -0.05) is 18.2 Å². The van der Waals surface area contributed by atoms with Crippen molar-refractivity contribution >= 4 is 17.4 Å². The maximum Gasteiger partial charge on any atom is 0.389 e. The minimum absolute atomic E-state index is 0.0165. The molecule has 1 aromatic rings. The Labute approximate surface area is 122 Å². The molecule has 0 aliphatic rings. The molecule has 0 heterocycles. The maximum absolute atomic E-state index is 12.1. The number of alkyl halides is 3. The number of halogens is 3. The van der Waals surface area contributed by atoms with Crippen LogP contribution in [0.4, 0.5) is 18.9 Å². The summed E-state index contributed by atoms with van der Waals surface area (Å²) in [6.45, 7) is 5.59. The van der Waals surface area contributed by atoms with E-state index in [0.29, 0.717) is 6.42 Å². The predicted molar refractivity (Wildman–Crippen MR) is 80.4 cm³/mol. The first kappa shape index (κ1) is 17.0. The van der Waals surface area contributed by atoms with Crippen molar-refractivity contribution in [2.24, 2.45) is 0 Å². The Morgan fingerprint density at radius 1 is 1.35 bits per heavy atom. The smallest absolute Gasteiger partial charge is 0.382 e. The fourth-order valence-corrected chi connectivity index (χ4v) is 2.56. The summed E-state index contributed by atoms with van der Waals surface area (Å²) in [7, 11) is 0. The van der Waals surface area contributed by atoms with Crippen LogP contribution in [-0.2, 0) is 0 Å². The van der Waals surface area contributed by atoms with Crippen LogP contribution in [0.5, 0.6) is 0 Å². The van der Waals surface area contributed by atoms with Crippen LogP contribution in [-0.4, -0.2) is 18.0 Å². The molecule has 0 amide bonds. The fraction of sp³-hybridized carbons (Fsp3) is 0.467. The number of benzene rings is 1. The van der Waals surface area contributed by atoms with Gasteiger partial charge in [0.2, 0.25) is 0 Å². The van der Waals surface area contributed by atoms with E-state index in [1.807, 2.05) is 37.3 Å². The van der Waals surface area contributed by atoms with Crippen molar-refractivity contribution in [2.75, 3.05) is 11.1 Å². The van der Waals surface area contributed by atoms with E-state index in [9.17, 15) is 13.2 Å². The Morgan fingerprint density at radius 3 is 2.70 bits per heavy atom. The van der Waals surface area contributed by atoms with Crippen molar-refractivity contribution in [3.05, 3.63) is 36.9 Å². The molecule has 112 valence electrons. The molecule has 0 aromatic heterocycles. The third-order valence-electron chi connectivity index (χ3n) is 2.74. The molecule has 1 aromatic carbocycles. The molecule has 1 nitrogen and oxygen atoms in total. The zero-order valence-corrected chi connectivity index (χ0v) is 12.4. The molecular weight excluding hydrogens is 283 g/mol. The van der Waals surface area contributed by atoms with E-state index in [0.717, 1.165) is 16.3 Å². The van der Waals surface area contributed by atoms with Crippen LogP contribution in [0.25, 0.3) is 0 Å². The first-order chi connectivity index (χ1) is 9.42. The highest BCUT2D eigenvalue weighted by atomic mass is 32.2. The molecule has 0 bridgehead atoms. The van der Waals surface area contributed by atoms with Gasteiger partial charge in [0.1, 0.15) is 0 Å². The van der Waals surface area contributed by atoms with Gasteiger partial charge in [0.15, 0.2) is 0 Å². The fourth-order valence-electron chi connectivity index (χ4n) is 1.81. The van der Waals surface area contributed by atoms with E-state index < -0.39 is 12.6 Å². The monoisotopic (exact) mass is 303 g/mol. The molecule has 0 saturated carbocycles. The zero-order valence-electron chi connectivity index (χ0n) is 11.5. The number of rotatable bonds is 8. The predicted octanol–water partition coefficient (Wildman–Crippen LogP) is 5.50. The van der Waals surface area contributed by atoms with Crippen LogP contribution in [0.1, 0.15) is 26.2 Å². The quantitative estimate of drug-likeness (QED) is 0.503. The van der Waals surface area contributed by atoms with Gasteiger partial charge in [-0.3, -0.25) is 0 Å². The second-order valence-corrected chi connectivity index (χ2v) is 5.71. The number of thioether (sulfide) groups is 1. The van der Waals surface area contributed by atoms with Gasteiger partial charge in [-0.2, -0.15) is 13.2 Å². The molecule has 1 unspecified atom stereocenters. The van der Waals surface area contributed by atoms with Gasteiger partial charge < -0.3 is 5.32 Å². The summed E-state index contributed by atoms with van der Waals surface area (Å²) in [6, 6.07) is 7.83. The lowest BCUT2D eigenvalue weighted by Gasteiger charge is -2.18. The van der Waals surface area contributed by atoms with Crippen molar-refractivity contribution in [3.63, 3.8) is 0 Å². The van der Waals surface area contributed by atoms with Crippen LogP contribution in [0, 0.1) is 0 Å². The Hall–Kier alpha value is -1.10. The standard InChI is InChI=1S/C15H20F3NS/c1-3-11-20-14-9-5-4-8-13(14)19-12(2)7-6-10-15(16,17)18/h3-5,8-9,12,19H,1,6-7,10-11H2,2H3. The third kappa shape index (κ3) is 6.89. The molecule has 0 spiro atoms. The highest BCUT2D eigenvalue weighted by Crippen LogP contribution is 2.28. The number of hydrogen-bond acceptors (Lipinski definition) is 2. The molecule has 0 radical (unpaired) electrons. The van der Waals surface area contributed by atoms with Gasteiger partial charge in [-0.15, -0.1) is 18.3 Å². The lowest BCUT2D eigenvalue weighted by Crippen LogP contribution is -2.17. The van der Waals surface area contributed by atoms with Crippen molar-refractivity contribution in [1.82, 2.24) is 0 Å². The molecule has 1 rings (SSSR count). The third-order valence-corrected chi connectivity index (χ3v) is 3.81. The minimum atomic E-state index is -4.06. The van der Waals surface area contributed by atoms with Crippen LogP contribution in [0.15, 0.2) is 41.8 Å². The van der Waals surface area contributed by atoms with Crippen LogP contribution in [0.2, 0.25) is 0 Å². The second-order valence-electron chi connectivity index (χ2n) is 4.65. The average molecular weight is 303 g/mol. The largest absolute Gasteiger partial charge is 0.389 e. The average Bonchev–Trinajstić information content (AvgIpc) is 2.36. The van der Waals surface area contributed by atoms with Crippen LogP contribution in [0.3, 0.4) is 0 Å². The molecule has 5 heteroatoms. The Morgan fingerprint density at radius 2 is 2.05 bits per heavy atom. The van der Waals surface area contributed by atoms with E-state index in [4.69, 9.17) is 0 Å². The molecule has 0 aliphatic heterocycles. The molecule has 0 fully saturated rings. The molecule has 0 saturated heterocycles. The van der Waals surface area contributed by atoms with Crippen molar-refractivity contribution in [2.45, 2.75) is 43.3 Å². The number of anilines is 1. The molecular formula is C15H20F3NS. The van der Waals surface area contributed by atoms with Gasteiger partial charge in [-0.05, 0) is 31.9 Å². The van der Waals surface area contributed by atoms with Crippen molar-refractivity contribution in [1.29, 1.82) is 0 Å². The molecule has 20 heavy (non-hydrogen) atoms. The number of para-hydroxylation sites is 1. The normalized spacial score (nSPS) is 13.0. The van der Waals surface area contributed by atoms with Crippen LogP contribution < -0.4 is 5.32 Å². The summed E-state index contributed by atoms with van der Waals surface area (Å²) in [5.41, 5.74) is 0.971. The van der Waals surface area contributed by atoms with E-state index in [-0.39, 0.29) is 12.5 Å². The summed E-state index contributed by atoms with van der Waals surface area (Å²) < 4.78 is 36.3. The summed E-state index contributed by atoms with van der Waals surface area (Å²) in [6.07, 6.45) is -2.29. The van der Waals surface area contributed by atoms with Gasteiger partial charge in [0.25, 0.3) is 0 Å². The van der Waals surface area contributed by atoms with E-state index >= 15 is 0 Å². The zero-order chi connectivity index (χ0) is 15.0. The highest BCUT2D eigenvalue weighted by Gasteiger charge is 2.26. The first-order valence-corrected chi connectivity index (χ1v) is 7.57. The topological polar surface area (TPSA) is 12.0 Å². The Balaban J connectivity index is 2.48. The number of hydrogen-bond donors (Lipinski definition) is 1. The van der Waals surface area contributed by atoms with Gasteiger partial charge in [0.05, 0.1) is 0 Å².